The standard InChI is InChI=1S/C31H24O8/c32-22(13-11-18-7-3-1-4-8-18)28-26(36)16-24(34)20(30(28)38)15-21-25(35)17-27(37)29(31(21)39)23(33)14-12-19-9-5-2-6-10-19/h1-14,16-17,34-39H,15H2/b13-11+,14-12+. The molecule has 0 aliphatic carbocycles. The number of phenolic OH excluding ortho intramolecular Hbond substituents is 6. The van der Waals surface area contributed by atoms with E-state index in [1.54, 1.807) is 60.7 Å². The summed E-state index contributed by atoms with van der Waals surface area (Å²) in [6.07, 6.45) is 4.67. The van der Waals surface area contributed by atoms with Crippen molar-refractivity contribution >= 4 is 23.7 Å². The zero-order chi connectivity index (χ0) is 28.1. The molecule has 0 atom stereocenters. The van der Waals surface area contributed by atoms with Gasteiger partial charge in [-0.3, -0.25) is 9.59 Å². The molecule has 0 aliphatic heterocycles. The third-order valence-electron chi connectivity index (χ3n) is 6.02. The second kappa shape index (κ2) is 11.3. The number of allylic oxidation sites excluding steroid dienone is 2. The van der Waals surface area contributed by atoms with E-state index in [9.17, 15) is 40.2 Å². The van der Waals surface area contributed by atoms with Gasteiger partial charge >= 0.3 is 0 Å². The minimum absolute atomic E-state index is 0.307. The molecular formula is C31H24O8. The Bertz CT molecular complexity index is 1480. The molecule has 8 heteroatoms. The number of phenols is 6. The molecule has 4 aromatic carbocycles. The zero-order valence-corrected chi connectivity index (χ0v) is 20.4. The number of hydrogen-bond acceptors (Lipinski definition) is 8. The van der Waals surface area contributed by atoms with Crippen LogP contribution in [0, 0.1) is 0 Å². The molecule has 4 rings (SSSR count). The molecule has 0 spiro atoms. The van der Waals surface area contributed by atoms with Crippen LogP contribution in [0.15, 0.2) is 84.9 Å². The van der Waals surface area contributed by atoms with Crippen molar-refractivity contribution in [2.45, 2.75) is 6.42 Å². The largest absolute Gasteiger partial charge is 0.507 e. The summed E-state index contributed by atoms with van der Waals surface area (Å²) in [5.74, 6) is -5.71. The number of ketones is 2. The van der Waals surface area contributed by atoms with Crippen molar-refractivity contribution in [3.63, 3.8) is 0 Å². The highest BCUT2D eigenvalue weighted by Gasteiger charge is 2.26. The summed E-state index contributed by atoms with van der Waals surface area (Å²) in [6, 6.07) is 19.4. The summed E-state index contributed by atoms with van der Waals surface area (Å²) in [4.78, 5) is 25.6. The van der Waals surface area contributed by atoms with Crippen LogP contribution in [0.25, 0.3) is 12.2 Å². The van der Waals surface area contributed by atoms with Crippen LogP contribution in [0.5, 0.6) is 34.5 Å². The smallest absolute Gasteiger partial charge is 0.193 e. The normalized spacial score (nSPS) is 11.3. The Labute approximate surface area is 223 Å². The molecule has 196 valence electrons. The highest BCUT2D eigenvalue weighted by atomic mass is 16.3. The van der Waals surface area contributed by atoms with Gasteiger partial charge < -0.3 is 30.6 Å². The Hall–Kier alpha value is -5.50. The van der Waals surface area contributed by atoms with E-state index in [0.717, 1.165) is 24.3 Å². The van der Waals surface area contributed by atoms with E-state index in [2.05, 4.69) is 0 Å². The average molecular weight is 525 g/mol. The van der Waals surface area contributed by atoms with Crippen molar-refractivity contribution in [3.8, 4) is 34.5 Å². The van der Waals surface area contributed by atoms with E-state index in [0.29, 0.717) is 11.1 Å². The van der Waals surface area contributed by atoms with Crippen molar-refractivity contribution in [1.82, 2.24) is 0 Å². The van der Waals surface area contributed by atoms with E-state index in [1.165, 1.54) is 12.2 Å². The quantitative estimate of drug-likeness (QED) is 0.134. The maximum absolute atomic E-state index is 12.8. The third-order valence-corrected chi connectivity index (χ3v) is 6.02. The van der Waals surface area contributed by atoms with Crippen LogP contribution in [0.3, 0.4) is 0 Å². The Morgan fingerprint density at radius 1 is 0.538 bits per heavy atom. The Kier molecular flexibility index (Phi) is 7.67. The molecular weight excluding hydrogens is 500 g/mol. The predicted molar refractivity (Wildman–Crippen MR) is 145 cm³/mol. The first-order valence-corrected chi connectivity index (χ1v) is 11.8. The van der Waals surface area contributed by atoms with Crippen molar-refractivity contribution in [2.24, 2.45) is 0 Å². The molecule has 0 saturated heterocycles. The Morgan fingerprint density at radius 3 is 1.26 bits per heavy atom. The van der Waals surface area contributed by atoms with Crippen LogP contribution in [0.4, 0.5) is 0 Å². The molecule has 4 aromatic rings. The van der Waals surface area contributed by atoms with Gasteiger partial charge in [0.25, 0.3) is 0 Å². The zero-order valence-electron chi connectivity index (χ0n) is 20.4. The second-order valence-corrected chi connectivity index (χ2v) is 8.63. The van der Waals surface area contributed by atoms with Crippen LogP contribution in [0.1, 0.15) is 43.0 Å². The highest BCUT2D eigenvalue weighted by Crippen LogP contribution is 2.44. The maximum atomic E-state index is 12.8. The summed E-state index contributed by atoms with van der Waals surface area (Å²) in [7, 11) is 0. The first-order chi connectivity index (χ1) is 18.7. The average Bonchev–Trinajstić information content (AvgIpc) is 2.91. The van der Waals surface area contributed by atoms with Crippen LogP contribution >= 0.6 is 0 Å². The molecule has 0 unspecified atom stereocenters. The molecule has 0 fully saturated rings. The summed E-state index contributed by atoms with van der Waals surface area (Å²) in [5, 5.41) is 63.1. The number of carbonyl (C=O) groups is 2. The fraction of sp³-hybridized carbons (Fsp3) is 0.0323. The van der Waals surface area contributed by atoms with Gasteiger partial charge in [0.05, 0.1) is 0 Å². The lowest BCUT2D eigenvalue weighted by Crippen LogP contribution is -2.03. The second-order valence-electron chi connectivity index (χ2n) is 8.63. The molecule has 0 saturated carbocycles. The summed E-state index contributed by atoms with van der Waals surface area (Å²) >= 11 is 0. The molecule has 0 aliphatic rings. The van der Waals surface area contributed by atoms with Gasteiger partial charge in [-0.2, -0.15) is 0 Å². The topological polar surface area (TPSA) is 156 Å². The van der Waals surface area contributed by atoms with Crippen molar-refractivity contribution < 1.29 is 40.2 Å². The van der Waals surface area contributed by atoms with Crippen molar-refractivity contribution in [2.75, 3.05) is 0 Å². The monoisotopic (exact) mass is 524 g/mol. The van der Waals surface area contributed by atoms with Crippen molar-refractivity contribution in [1.29, 1.82) is 0 Å². The minimum Gasteiger partial charge on any atom is -0.507 e. The molecule has 6 N–H and O–H groups in total. The third kappa shape index (κ3) is 5.75. The highest BCUT2D eigenvalue weighted by molar-refractivity contribution is 6.12. The lowest BCUT2D eigenvalue weighted by molar-refractivity contribution is 0.103. The molecule has 0 amide bonds. The first-order valence-electron chi connectivity index (χ1n) is 11.8. The van der Waals surface area contributed by atoms with E-state index >= 15 is 0 Å². The van der Waals surface area contributed by atoms with E-state index < -0.39 is 63.6 Å². The fourth-order valence-corrected chi connectivity index (χ4v) is 4.01. The van der Waals surface area contributed by atoms with Gasteiger partial charge in [-0.25, -0.2) is 0 Å². The summed E-state index contributed by atoms with van der Waals surface area (Å²) in [5.41, 5.74) is -0.232. The predicted octanol–water partition coefficient (Wildman–Crippen LogP) is 5.30. The van der Waals surface area contributed by atoms with Crippen LogP contribution in [-0.2, 0) is 6.42 Å². The van der Waals surface area contributed by atoms with E-state index in [1.807, 2.05) is 0 Å². The van der Waals surface area contributed by atoms with Crippen LogP contribution in [0.2, 0.25) is 0 Å². The van der Waals surface area contributed by atoms with Gasteiger partial charge in [0.15, 0.2) is 11.6 Å². The SMILES string of the molecule is O=C(/C=C/c1ccccc1)c1c(O)cc(O)c(Cc2c(O)cc(O)c(C(=O)/C=C/c3ccccc3)c2O)c1O. The Morgan fingerprint density at radius 2 is 0.897 bits per heavy atom. The van der Waals surface area contributed by atoms with Gasteiger partial charge in [0.2, 0.25) is 0 Å². The first kappa shape index (κ1) is 26.6. The van der Waals surface area contributed by atoms with Gasteiger partial charge in [0, 0.05) is 29.7 Å². The van der Waals surface area contributed by atoms with Gasteiger partial charge in [-0.05, 0) is 23.3 Å². The number of hydrogen-bond donors (Lipinski definition) is 6. The lowest BCUT2D eigenvalue weighted by Gasteiger charge is -2.16. The fourth-order valence-electron chi connectivity index (χ4n) is 4.01. The minimum atomic E-state index is -0.779. The molecule has 0 radical (unpaired) electrons. The molecule has 0 bridgehead atoms. The molecule has 0 aromatic heterocycles. The number of rotatable bonds is 8. The molecule has 8 nitrogen and oxygen atoms in total. The summed E-state index contributed by atoms with van der Waals surface area (Å²) in [6.45, 7) is 0. The maximum Gasteiger partial charge on any atom is 0.193 e. The van der Waals surface area contributed by atoms with Gasteiger partial charge in [0.1, 0.15) is 45.6 Å². The molecule has 0 heterocycles. The van der Waals surface area contributed by atoms with Crippen LogP contribution < -0.4 is 0 Å². The van der Waals surface area contributed by atoms with Gasteiger partial charge in [-0.1, -0.05) is 72.8 Å². The number of carbonyl (C=O) groups excluding carboxylic acids is 2. The number of aromatic hydroxyl groups is 6. The Balaban J connectivity index is 1.71. The molecule has 39 heavy (non-hydrogen) atoms. The van der Waals surface area contributed by atoms with Gasteiger partial charge in [-0.15, -0.1) is 0 Å². The lowest BCUT2D eigenvalue weighted by atomic mass is 9.94. The summed E-state index contributed by atoms with van der Waals surface area (Å²) < 4.78 is 0. The number of benzene rings is 4. The van der Waals surface area contributed by atoms with E-state index in [-0.39, 0.29) is 11.1 Å². The van der Waals surface area contributed by atoms with Crippen molar-refractivity contribution in [3.05, 3.63) is 118 Å². The van der Waals surface area contributed by atoms with E-state index in [4.69, 9.17) is 0 Å². The van der Waals surface area contributed by atoms with Crippen LogP contribution in [-0.4, -0.2) is 42.2 Å².